The molecule has 2 aromatic carbocycles. The Morgan fingerprint density at radius 3 is 2.86 bits per heavy atom. The van der Waals surface area contributed by atoms with E-state index in [1.165, 1.54) is 0 Å². The van der Waals surface area contributed by atoms with Crippen LogP contribution in [0.1, 0.15) is 66.9 Å². The molecular formula is C28H32N2O4S. The Hall–Kier alpha value is -3.06. The molecular weight excluding hydrogens is 460 g/mol. The molecule has 6 nitrogen and oxygen atoms in total. The summed E-state index contributed by atoms with van der Waals surface area (Å²) in [7, 11) is 0. The van der Waals surface area contributed by atoms with Crippen molar-refractivity contribution in [3.63, 3.8) is 0 Å². The second-order valence-electron chi connectivity index (χ2n) is 8.81. The van der Waals surface area contributed by atoms with E-state index in [4.69, 9.17) is 4.74 Å². The number of aryl methyl sites for hydroxylation is 1. The number of carbonyl (C=O) groups excluding carboxylic acids is 3. The first kappa shape index (κ1) is 25.0. The summed E-state index contributed by atoms with van der Waals surface area (Å²) in [5.74, 6) is -0.503. The molecule has 0 spiro atoms. The van der Waals surface area contributed by atoms with Crippen LogP contribution in [0.3, 0.4) is 0 Å². The third-order valence-corrected chi connectivity index (χ3v) is 7.52. The molecule has 1 atom stereocenters. The van der Waals surface area contributed by atoms with E-state index in [0.29, 0.717) is 38.0 Å². The molecule has 0 radical (unpaired) electrons. The zero-order valence-electron chi connectivity index (χ0n) is 20.1. The average Bonchev–Trinajstić information content (AvgIpc) is 3.01. The molecule has 1 unspecified atom stereocenters. The highest BCUT2D eigenvalue weighted by Gasteiger charge is 2.23. The highest BCUT2D eigenvalue weighted by atomic mass is 32.2. The van der Waals surface area contributed by atoms with Crippen molar-refractivity contribution in [2.75, 3.05) is 13.2 Å². The van der Waals surface area contributed by atoms with Crippen LogP contribution in [-0.2, 0) is 20.7 Å². The van der Waals surface area contributed by atoms with Gasteiger partial charge in [-0.05, 0) is 86.4 Å². The summed E-state index contributed by atoms with van der Waals surface area (Å²) in [4.78, 5) is 39.4. The maximum atomic E-state index is 13.0. The Kier molecular flexibility index (Phi) is 8.64. The van der Waals surface area contributed by atoms with Crippen LogP contribution in [0.15, 0.2) is 58.3 Å². The second kappa shape index (κ2) is 12.1. The Balaban J connectivity index is 1.54. The van der Waals surface area contributed by atoms with Gasteiger partial charge in [0, 0.05) is 28.3 Å². The minimum absolute atomic E-state index is 0.105. The SMILES string of the molecule is CCOC(=O)CC/C1=C\CCc2cc(C(=O)NC3CCCCNC3=O)ccc2Sc2ccccc21. The van der Waals surface area contributed by atoms with Crippen molar-refractivity contribution in [2.24, 2.45) is 0 Å². The number of fused-ring (bicyclic) bond motifs is 2. The van der Waals surface area contributed by atoms with E-state index in [2.05, 4.69) is 28.8 Å². The summed E-state index contributed by atoms with van der Waals surface area (Å²) in [6, 6.07) is 13.5. The number of allylic oxidation sites excluding steroid dienone is 2. The number of carbonyl (C=O) groups is 3. The molecule has 0 bridgehead atoms. The van der Waals surface area contributed by atoms with Gasteiger partial charge in [0.25, 0.3) is 5.91 Å². The fourth-order valence-corrected chi connectivity index (χ4v) is 5.61. The minimum atomic E-state index is -0.485. The van der Waals surface area contributed by atoms with Crippen LogP contribution in [0.2, 0.25) is 0 Å². The maximum absolute atomic E-state index is 13.0. The van der Waals surface area contributed by atoms with Gasteiger partial charge in [0.15, 0.2) is 0 Å². The summed E-state index contributed by atoms with van der Waals surface area (Å²) >= 11 is 1.68. The van der Waals surface area contributed by atoms with Crippen LogP contribution in [0, 0.1) is 0 Å². The van der Waals surface area contributed by atoms with Crippen LogP contribution in [0.4, 0.5) is 0 Å². The molecule has 2 aliphatic heterocycles. The number of amides is 2. The van der Waals surface area contributed by atoms with Gasteiger partial charge < -0.3 is 15.4 Å². The van der Waals surface area contributed by atoms with Crippen LogP contribution >= 0.6 is 11.8 Å². The first-order chi connectivity index (χ1) is 17.0. The van der Waals surface area contributed by atoms with Crippen molar-refractivity contribution in [3.8, 4) is 0 Å². The number of hydrogen-bond donors (Lipinski definition) is 2. The summed E-state index contributed by atoms with van der Waals surface area (Å²) in [6.45, 7) is 2.87. The van der Waals surface area contributed by atoms with E-state index in [1.807, 2.05) is 37.3 Å². The largest absolute Gasteiger partial charge is 0.466 e. The van der Waals surface area contributed by atoms with Crippen molar-refractivity contribution in [2.45, 2.75) is 67.7 Å². The number of ether oxygens (including phenoxy) is 1. The Bertz CT molecular complexity index is 1130. The Morgan fingerprint density at radius 1 is 1.14 bits per heavy atom. The number of rotatable bonds is 6. The molecule has 7 heteroatoms. The smallest absolute Gasteiger partial charge is 0.306 e. The standard InChI is InChI=1S/C28H32N2O4S/c1-2-34-26(31)16-14-19-8-7-9-20-18-21(27(32)30-23-11-5-6-17-29-28(23)33)13-15-24(20)35-25-12-4-3-10-22(19)25/h3-4,8,10,12-13,15,18,23H,2,5-7,9,11,14,16-17H2,1H3,(H,29,33)(H,30,32)/b19-8+. The van der Waals surface area contributed by atoms with Gasteiger partial charge in [0.05, 0.1) is 6.61 Å². The summed E-state index contributed by atoms with van der Waals surface area (Å²) in [6.07, 6.45) is 7.28. The maximum Gasteiger partial charge on any atom is 0.306 e. The van der Waals surface area contributed by atoms with Crippen molar-refractivity contribution >= 4 is 35.1 Å². The average molecular weight is 493 g/mol. The molecule has 35 heavy (non-hydrogen) atoms. The van der Waals surface area contributed by atoms with Crippen molar-refractivity contribution < 1.29 is 19.1 Å². The van der Waals surface area contributed by atoms with Crippen LogP contribution < -0.4 is 10.6 Å². The number of benzene rings is 2. The van der Waals surface area contributed by atoms with E-state index in [-0.39, 0.29) is 17.8 Å². The van der Waals surface area contributed by atoms with Crippen molar-refractivity contribution in [3.05, 3.63) is 65.2 Å². The number of esters is 1. The fourth-order valence-electron chi connectivity index (χ4n) is 4.49. The van der Waals surface area contributed by atoms with Crippen molar-refractivity contribution in [1.82, 2.24) is 10.6 Å². The molecule has 2 aliphatic rings. The van der Waals surface area contributed by atoms with E-state index in [0.717, 1.165) is 52.2 Å². The fraction of sp³-hybridized carbons (Fsp3) is 0.393. The quantitative estimate of drug-likeness (QED) is 0.560. The Labute approximate surface area is 210 Å². The Morgan fingerprint density at radius 2 is 2.00 bits per heavy atom. The van der Waals surface area contributed by atoms with Gasteiger partial charge in [-0.3, -0.25) is 14.4 Å². The summed E-state index contributed by atoms with van der Waals surface area (Å²) in [5.41, 5.74) is 3.95. The zero-order chi connectivity index (χ0) is 24.6. The van der Waals surface area contributed by atoms with E-state index in [1.54, 1.807) is 11.8 Å². The predicted molar refractivity (Wildman–Crippen MR) is 137 cm³/mol. The highest BCUT2D eigenvalue weighted by Crippen LogP contribution is 2.39. The normalized spacial score (nSPS) is 19.3. The van der Waals surface area contributed by atoms with Gasteiger partial charge in [-0.25, -0.2) is 0 Å². The van der Waals surface area contributed by atoms with Crippen molar-refractivity contribution in [1.29, 1.82) is 0 Å². The van der Waals surface area contributed by atoms with Gasteiger partial charge in [-0.1, -0.05) is 36.0 Å². The van der Waals surface area contributed by atoms with Gasteiger partial charge in [0.1, 0.15) is 6.04 Å². The van der Waals surface area contributed by atoms with E-state index in [9.17, 15) is 14.4 Å². The van der Waals surface area contributed by atoms with E-state index >= 15 is 0 Å². The lowest BCUT2D eigenvalue weighted by molar-refractivity contribution is -0.143. The molecule has 0 aromatic heterocycles. The minimum Gasteiger partial charge on any atom is -0.466 e. The van der Waals surface area contributed by atoms with Gasteiger partial charge >= 0.3 is 5.97 Å². The predicted octanol–water partition coefficient (Wildman–Crippen LogP) is 4.91. The van der Waals surface area contributed by atoms with Crippen LogP contribution in [0.25, 0.3) is 5.57 Å². The van der Waals surface area contributed by atoms with Gasteiger partial charge in [0.2, 0.25) is 5.91 Å². The second-order valence-corrected chi connectivity index (χ2v) is 9.89. The first-order valence-corrected chi connectivity index (χ1v) is 13.2. The molecule has 0 saturated carbocycles. The molecule has 0 aliphatic carbocycles. The number of nitrogens with one attached hydrogen (secondary N) is 2. The van der Waals surface area contributed by atoms with E-state index < -0.39 is 6.04 Å². The third kappa shape index (κ3) is 6.54. The lowest BCUT2D eigenvalue weighted by atomic mass is 9.98. The molecule has 1 fully saturated rings. The number of hydrogen-bond acceptors (Lipinski definition) is 5. The molecule has 2 aromatic rings. The third-order valence-electron chi connectivity index (χ3n) is 6.32. The summed E-state index contributed by atoms with van der Waals surface area (Å²) in [5, 5.41) is 5.79. The molecule has 4 rings (SSSR count). The molecule has 1 saturated heterocycles. The molecule has 2 heterocycles. The topological polar surface area (TPSA) is 84.5 Å². The van der Waals surface area contributed by atoms with Gasteiger partial charge in [-0.15, -0.1) is 0 Å². The molecule has 184 valence electrons. The molecule has 2 amide bonds. The molecule has 2 N–H and O–H groups in total. The lowest BCUT2D eigenvalue weighted by Gasteiger charge is -2.16. The monoisotopic (exact) mass is 492 g/mol. The summed E-state index contributed by atoms with van der Waals surface area (Å²) < 4.78 is 5.12. The first-order valence-electron chi connectivity index (χ1n) is 12.4. The van der Waals surface area contributed by atoms with Gasteiger partial charge in [-0.2, -0.15) is 0 Å². The van der Waals surface area contributed by atoms with Crippen LogP contribution in [0.5, 0.6) is 0 Å². The zero-order valence-corrected chi connectivity index (χ0v) is 20.9. The highest BCUT2D eigenvalue weighted by molar-refractivity contribution is 7.99. The van der Waals surface area contributed by atoms with Crippen LogP contribution in [-0.4, -0.2) is 37.0 Å². The lowest BCUT2D eigenvalue weighted by Crippen LogP contribution is -2.45.